The third kappa shape index (κ3) is 5.11. The van der Waals surface area contributed by atoms with Crippen LogP contribution in [0.5, 0.6) is 11.5 Å². The number of ether oxygens (including phenoxy) is 2. The Hall–Kier alpha value is -3.94. The highest BCUT2D eigenvalue weighted by molar-refractivity contribution is 6.12. The highest BCUT2D eigenvalue weighted by Crippen LogP contribution is 2.25. The molecular formula is C22H18F2N2O4. The molecule has 3 rings (SSSR count). The highest BCUT2D eigenvalue weighted by Gasteiger charge is 2.16. The molecule has 3 aromatic carbocycles. The lowest BCUT2D eigenvalue weighted by Gasteiger charge is -2.13. The summed E-state index contributed by atoms with van der Waals surface area (Å²) in [6.45, 7) is -3.00. The van der Waals surface area contributed by atoms with Crippen LogP contribution in [0.15, 0.2) is 72.8 Å². The van der Waals surface area contributed by atoms with E-state index < -0.39 is 18.4 Å². The van der Waals surface area contributed by atoms with Crippen LogP contribution in [-0.2, 0) is 0 Å². The van der Waals surface area contributed by atoms with E-state index in [2.05, 4.69) is 15.4 Å². The zero-order valence-corrected chi connectivity index (χ0v) is 15.9. The number of para-hydroxylation sites is 3. The van der Waals surface area contributed by atoms with Crippen molar-refractivity contribution in [2.75, 3.05) is 17.7 Å². The number of nitrogens with one attached hydrogen (secondary N) is 2. The summed E-state index contributed by atoms with van der Waals surface area (Å²) in [7, 11) is 1.49. The molecule has 0 aliphatic rings. The minimum Gasteiger partial charge on any atom is -0.495 e. The van der Waals surface area contributed by atoms with Crippen molar-refractivity contribution in [1.82, 2.24) is 0 Å². The molecule has 0 atom stereocenters. The first-order valence-corrected chi connectivity index (χ1v) is 8.87. The van der Waals surface area contributed by atoms with Crippen LogP contribution in [0.1, 0.15) is 20.7 Å². The third-order valence-corrected chi connectivity index (χ3v) is 4.10. The number of hydrogen-bond acceptors (Lipinski definition) is 4. The molecule has 6 nitrogen and oxygen atoms in total. The molecule has 8 heteroatoms. The SMILES string of the molecule is COc1ccccc1NC(=O)c1ccccc1NC(=O)c1cccc(OC(F)F)c1. The van der Waals surface area contributed by atoms with E-state index in [9.17, 15) is 18.4 Å². The fraction of sp³-hybridized carbons (Fsp3) is 0.0909. The largest absolute Gasteiger partial charge is 0.495 e. The van der Waals surface area contributed by atoms with Gasteiger partial charge < -0.3 is 20.1 Å². The summed E-state index contributed by atoms with van der Waals surface area (Å²) < 4.78 is 34.3. The van der Waals surface area contributed by atoms with Crippen molar-refractivity contribution in [3.63, 3.8) is 0 Å². The minimum absolute atomic E-state index is 0.105. The van der Waals surface area contributed by atoms with Crippen molar-refractivity contribution in [1.29, 1.82) is 0 Å². The molecule has 0 bridgehead atoms. The summed E-state index contributed by atoms with van der Waals surface area (Å²) in [5, 5.41) is 5.37. The Morgan fingerprint density at radius 1 is 0.833 bits per heavy atom. The van der Waals surface area contributed by atoms with Gasteiger partial charge in [-0.15, -0.1) is 0 Å². The van der Waals surface area contributed by atoms with E-state index in [4.69, 9.17) is 4.74 Å². The first-order valence-electron chi connectivity index (χ1n) is 8.87. The van der Waals surface area contributed by atoms with Crippen molar-refractivity contribution >= 4 is 23.2 Å². The standard InChI is InChI=1S/C22H18F2N2O4/c1-29-19-12-5-4-11-18(19)26-21(28)16-9-2-3-10-17(16)25-20(27)14-7-6-8-15(13-14)30-22(23)24/h2-13,22H,1H3,(H,25,27)(H,26,28). The van der Waals surface area contributed by atoms with Gasteiger partial charge in [0.05, 0.1) is 24.0 Å². The zero-order chi connectivity index (χ0) is 21.5. The number of methoxy groups -OCH3 is 1. The van der Waals surface area contributed by atoms with Crippen LogP contribution in [0.3, 0.4) is 0 Å². The van der Waals surface area contributed by atoms with Crippen molar-refractivity contribution in [2.24, 2.45) is 0 Å². The predicted octanol–water partition coefficient (Wildman–Crippen LogP) is 4.80. The summed E-state index contributed by atoms with van der Waals surface area (Å²) in [6.07, 6.45) is 0. The van der Waals surface area contributed by atoms with Crippen LogP contribution in [0.2, 0.25) is 0 Å². The van der Waals surface area contributed by atoms with Crippen molar-refractivity contribution in [3.8, 4) is 11.5 Å². The van der Waals surface area contributed by atoms with Crippen LogP contribution in [-0.4, -0.2) is 25.5 Å². The van der Waals surface area contributed by atoms with Gasteiger partial charge in [0.15, 0.2) is 0 Å². The molecule has 0 aliphatic carbocycles. The van der Waals surface area contributed by atoms with Crippen LogP contribution in [0.25, 0.3) is 0 Å². The van der Waals surface area contributed by atoms with Gasteiger partial charge in [0, 0.05) is 5.56 Å². The Morgan fingerprint density at radius 3 is 2.23 bits per heavy atom. The highest BCUT2D eigenvalue weighted by atomic mass is 19.3. The lowest BCUT2D eigenvalue weighted by molar-refractivity contribution is -0.0498. The molecule has 0 spiro atoms. The van der Waals surface area contributed by atoms with E-state index in [-0.39, 0.29) is 22.6 Å². The molecule has 3 aromatic rings. The van der Waals surface area contributed by atoms with Crippen LogP contribution < -0.4 is 20.1 Å². The van der Waals surface area contributed by atoms with Gasteiger partial charge in [0.1, 0.15) is 11.5 Å². The fourth-order valence-corrected chi connectivity index (χ4v) is 2.74. The molecule has 0 aliphatic heterocycles. The fourth-order valence-electron chi connectivity index (χ4n) is 2.74. The van der Waals surface area contributed by atoms with Crippen LogP contribution in [0, 0.1) is 0 Å². The molecule has 2 N–H and O–H groups in total. The van der Waals surface area contributed by atoms with Gasteiger partial charge in [-0.3, -0.25) is 9.59 Å². The number of carbonyl (C=O) groups excluding carboxylic acids is 2. The number of amides is 2. The normalized spacial score (nSPS) is 10.4. The monoisotopic (exact) mass is 412 g/mol. The van der Waals surface area contributed by atoms with Crippen molar-refractivity contribution in [2.45, 2.75) is 6.61 Å². The van der Waals surface area contributed by atoms with E-state index in [0.717, 1.165) is 0 Å². The molecule has 0 aromatic heterocycles. The first kappa shape index (κ1) is 20.8. The lowest BCUT2D eigenvalue weighted by Crippen LogP contribution is -2.18. The van der Waals surface area contributed by atoms with E-state index in [0.29, 0.717) is 11.4 Å². The summed E-state index contributed by atoms with van der Waals surface area (Å²) in [5.74, 6) is -0.680. The number of carbonyl (C=O) groups is 2. The Balaban J connectivity index is 1.80. The summed E-state index contributed by atoms with van der Waals surface area (Å²) in [4.78, 5) is 25.4. The van der Waals surface area contributed by atoms with E-state index in [1.807, 2.05) is 0 Å². The zero-order valence-electron chi connectivity index (χ0n) is 15.9. The van der Waals surface area contributed by atoms with Gasteiger partial charge >= 0.3 is 6.61 Å². The van der Waals surface area contributed by atoms with Gasteiger partial charge in [0.2, 0.25) is 0 Å². The van der Waals surface area contributed by atoms with E-state index in [1.165, 1.54) is 31.4 Å². The number of rotatable bonds is 7. The molecule has 2 amide bonds. The first-order chi connectivity index (χ1) is 14.5. The maximum absolute atomic E-state index is 12.8. The summed E-state index contributed by atoms with van der Waals surface area (Å²) >= 11 is 0. The van der Waals surface area contributed by atoms with E-state index >= 15 is 0 Å². The van der Waals surface area contributed by atoms with Gasteiger partial charge in [0.25, 0.3) is 11.8 Å². The number of benzene rings is 3. The molecule has 154 valence electrons. The van der Waals surface area contributed by atoms with Crippen molar-refractivity contribution in [3.05, 3.63) is 83.9 Å². The quantitative estimate of drug-likeness (QED) is 0.584. The smallest absolute Gasteiger partial charge is 0.387 e. The molecule has 0 unspecified atom stereocenters. The van der Waals surface area contributed by atoms with E-state index in [1.54, 1.807) is 48.5 Å². The Morgan fingerprint density at radius 2 is 1.50 bits per heavy atom. The topological polar surface area (TPSA) is 76.7 Å². The second-order valence-corrected chi connectivity index (χ2v) is 6.06. The van der Waals surface area contributed by atoms with Crippen LogP contribution >= 0.6 is 0 Å². The third-order valence-electron chi connectivity index (χ3n) is 4.10. The maximum Gasteiger partial charge on any atom is 0.387 e. The molecule has 0 fully saturated rings. The predicted molar refractivity (Wildman–Crippen MR) is 108 cm³/mol. The summed E-state index contributed by atoms with van der Waals surface area (Å²) in [5.41, 5.74) is 1.06. The minimum atomic E-state index is -3.00. The van der Waals surface area contributed by atoms with Gasteiger partial charge in [-0.2, -0.15) is 8.78 Å². The number of hydrogen-bond donors (Lipinski definition) is 2. The number of halogens is 2. The van der Waals surface area contributed by atoms with Gasteiger partial charge in [-0.25, -0.2) is 0 Å². The molecule has 0 saturated heterocycles. The Labute approximate surface area is 171 Å². The second kappa shape index (κ2) is 9.51. The molecule has 0 heterocycles. The molecule has 0 saturated carbocycles. The Kier molecular flexibility index (Phi) is 6.59. The van der Waals surface area contributed by atoms with Gasteiger partial charge in [-0.1, -0.05) is 30.3 Å². The Bertz CT molecular complexity index is 1060. The average molecular weight is 412 g/mol. The van der Waals surface area contributed by atoms with Crippen LogP contribution in [0.4, 0.5) is 20.2 Å². The summed E-state index contributed by atoms with van der Waals surface area (Å²) in [6, 6.07) is 18.7. The van der Waals surface area contributed by atoms with Crippen molar-refractivity contribution < 1.29 is 27.8 Å². The van der Waals surface area contributed by atoms with Gasteiger partial charge in [-0.05, 0) is 42.5 Å². The number of anilines is 2. The molecule has 0 radical (unpaired) electrons. The lowest BCUT2D eigenvalue weighted by atomic mass is 10.1. The molecular weight excluding hydrogens is 394 g/mol. The maximum atomic E-state index is 12.8. The second-order valence-electron chi connectivity index (χ2n) is 6.06. The average Bonchev–Trinajstić information content (AvgIpc) is 2.74. The molecule has 30 heavy (non-hydrogen) atoms. The number of alkyl halides is 2.